The van der Waals surface area contributed by atoms with E-state index >= 15 is 0 Å². The van der Waals surface area contributed by atoms with Crippen LogP contribution in [0.1, 0.15) is 5.56 Å². The molecule has 0 radical (unpaired) electrons. The number of nitrogens with one attached hydrogen (secondary N) is 1. The Morgan fingerprint density at radius 2 is 2.15 bits per heavy atom. The third kappa shape index (κ3) is 2.90. The van der Waals surface area contributed by atoms with Crippen molar-refractivity contribution in [2.75, 3.05) is 7.11 Å². The average molecular weight is 266 g/mol. The van der Waals surface area contributed by atoms with E-state index in [1.807, 2.05) is 0 Å². The highest BCUT2D eigenvalue weighted by atomic mass is 79.9. The summed E-state index contributed by atoms with van der Waals surface area (Å²) in [6.45, 7) is 0. The van der Waals surface area contributed by atoms with E-state index in [1.54, 1.807) is 25.3 Å². The number of nitrogen functional groups attached to an aromatic ring is 1. The maximum absolute atomic E-state index is 7.18. The van der Waals surface area contributed by atoms with Crippen molar-refractivity contribution in [2.45, 2.75) is 0 Å². The number of hydrogen-bond acceptors (Lipinski definition) is 2. The molecule has 0 aliphatic rings. The molecule has 0 saturated carbocycles. The highest BCUT2D eigenvalue weighted by Crippen LogP contribution is 2.25. The molecule has 13 heavy (non-hydrogen) atoms. The third-order valence-electron chi connectivity index (χ3n) is 1.46. The van der Waals surface area contributed by atoms with Crippen LogP contribution in [0.25, 0.3) is 0 Å². The standard InChI is InChI=1S/C8H9BrN2O.ClH/c1-12-7-4-5(8(10)11)2-3-6(7)9;/h2-4H,1H3,(H3,10,11);1H. The molecule has 0 fully saturated rings. The van der Waals surface area contributed by atoms with Crippen LogP contribution in [0.5, 0.6) is 5.75 Å². The molecule has 3 nitrogen and oxygen atoms in total. The predicted molar refractivity (Wildman–Crippen MR) is 59.0 cm³/mol. The van der Waals surface area contributed by atoms with E-state index < -0.39 is 0 Å². The number of benzene rings is 1. The molecule has 0 saturated heterocycles. The molecule has 0 amide bonds. The summed E-state index contributed by atoms with van der Waals surface area (Å²) in [6.07, 6.45) is 0. The maximum atomic E-state index is 7.18. The summed E-state index contributed by atoms with van der Waals surface area (Å²) in [5.41, 5.74) is 5.96. The van der Waals surface area contributed by atoms with Gasteiger partial charge in [0.25, 0.3) is 0 Å². The molecule has 3 N–H and O–H groups in total. The number of methoxy groups -OCH3 is 1. The van der Waals surface area contributed by atoms with Gasteiger partial charge in [-0.15, -0.1) is 12.4 Å². The highest BCUT2D eigenvalue weighted by Gasteiger charge is 2.02. The number of amidine groups is 1. The van der Waals surface area contributed by atoms with Crippen LogP contribution in [0.4, 0.5) is 0 Å². The van der Waals surface area contributed by atoms with E-state index in [2.05, 4.69) is 15.9 Å². The second-order valence-electron chi connectivity index (χ2n) is 2.26. The quantitative estimate of drug-likeness (QED) is 0.636. The van der Waals surface area contributed by atoms with Crippen LogP contribution >= 0.6 is 28.3 Å². The monoisotopic (exact) mass is 264 g/mol. The van der Waals surface area contributed by atoms with Crippen molar-refractivity contribution in [2.24, 2.45) is 5.73 Å². The van der Waals surface area contributed by atoms with Gasteiger partial charge in [0.2, 0.25) is 0 Å². The van der Waals surface area contributed by atoms with Crippen molar-refractivity contribution in [3.05, 3.63) is 28.2 Å². The molecule has 1 rings (SSSR count). The van der Waals surface area contributed by atoms with Crippen LogP contribution in [0, 0.1) is 5.41 Å². The van der Waals surface area contributed by atoms with Gasteiger partial charge >= 0.3 is 0 Å². The SMILES string of the molecule is COc1cc(C(=N)N)ccc1Br.Cl. The molecule has 1 aromatic carbocycles. The Balaban J connectivity index is 0.00000144. The highest BCUT2D eigenvalue weighted by molar-refractivity contribution is 9.10. The van der Waals surface area contributed by atoms with Crippen LogP contribution < -0.4 is 10.5 Å². The lowest BCUT2D eigenvalue weighted by atomic mass is 10.2. The summed E-state index contributed by atoms with van der Waals surface area (Å²) in [5.74, 6) is 0.725. The second kappa shape index (κ2) is 5.09. The van der Waals surface area contributed by atoms with Gasteiger partial charge in [0.05, 0.1) is 11.6 Å². The van der Waals surface area contributed by atoms with Gasteiger partial charge < -0.3 is 10.5 Å². The van der Waals surface area contributed by atoms with Crippen LogP contribution in [0.2, 0.25) is 0 Å². The van der Waals surface area contributed by atoms with Crippen LogP contribution in [0.15, 0.2) is 22.7 Å². The van der Waals surface area contributed by atoms with Gasteiger partial charge in [-0.3, -0.25) is 5.41 Å². The van der Waals surface area contributed by atoms with Gasteiger partial charge in [-0.1, -0.05) is 0 Å². The minimum atomic E-state index is 0. The fourth-order valence-corrected chi connectivity index (χ4v) is 1.24. The van der Waals surface area contributed by atoms with E-state index in [9.17, 15) is 0 Å². The molecule has 0 aliphatic heterocycles. The number of rotatable bonds is 2. The fourth-order valence-electron chi connectivity index (χ4n) is 0.827. The van der Waals surface area contributed by atoms with Crippen molar-refractivity contribution >= 4 is 34.2 Å². The molecule has 72 valence electrons. The lowest BCUT2D eigenvalue weighted by Crippen LogP contribution is -2.10. The van der Waals surface area contributed by atoms with Crippen LogP contribution in [0.3, 0.4) is 0 Å². The second-order valence-corrected chi connectivity index (χ2v) is 3.12. The number of nitrogens with two attached hydrogens (primary N) is 1. The molecule has 0 bridgehead atoms. The summed E-state index contributed by atoms with van der Waals surface area (Å²) >= 11 is 3.30. The average Bonchev–Trinajstić information content (AvgIpc) is 2.05. The van der Waals surface area contributed by atoms with Crippen molar-refractivity contribution < 1.29 is 4.74 Å². The molecule has 5 heteroatoms. The lowest BCUT2D eigenvalue weighted by Gasteiger charge is -2.04. The van der Waals surface area contributed by atoms with Gasteiger partial charge in [-0.05, 0) is 34.1 Å². The van der Waals surface area contributed by atoms with Gasteiger partial charge in [0, 0.05) is 5.56 Å². The minimum Gasteiger partial charge on any atom is -0.496 e. The first-order valence-electron chi connectivity index (χ1n) is 3.33. The Labute approximate surface area is 91.3 Å². The first kappa shape index (κ1) is 12.3. The van der Waals surface area contributed by atoms with Gasteiger partial charge in [-0.2, -0.15) is 0 Å². The maximum Gasteiger partial charge on any atom is 0.133 e. The van der Waals surface area contributed by atoms with Gasteiger partial charge in [0.1, 0.15) is 11.6 Å². The number of hydrogen-bond donors (Lipinski definition) is 2. The third-order valence-corrected chi connectivity index (χ3v) is 2.12. The van der Waals surface area contributed by atoms with E-state index in [-0.39, 0.29) is 18.2 Å². The normalized spacial score (nSPS) is 8.77. The lowest BCUT2D eigenvalue weighted by molar-refractivity contribution is 0.412. The zero-order chi connectivity index (χ0) is 9.14. The molecule has 0 heterocycles. The van der Waals surface area contributed by atoms with Gasteiger partial charge in [0.15, 0.2) is 0 Å². The topological polar surface area (TPSA) is 59.1 Å². The fraction of sp³-hybridized carbons (Fsp3) is 0.125. The minimum absolute atomic E-state index is 0. The Kier molecular flexibility index (Phi) is 4.80. The Bertz CT molecular complexity index is 317. The summed E-state index contributed by atoms with van der Waals surface area (Å²) in [6, 6.07) is 5.27. The Morgan fingerprint density at radius 3 is 2.62 bits per heavy atom. The molecule has 0 unspecified atom stereocenters. The van der Waals surface area contributed by atoms with E-state index in [1.165, 1.54) is 0 Å². The van der Waals surface area contributed by atoms with Crippen molar-refractivity contribution in [3.63, 3.8) is 0 Å². The summed E-state index contributed by atoms with van der Waals surface area (Å²) in [7, 11) is 1.57. The zero-order valence-electron chi connectivity index (χ0n) is 7.00. The predicted octanol–water partition coefficient (Wildman–Crippen LogP) is 2.16. The molecule has 0 atom stereocenters. The van der Waals surface area contributed by atoms with Gasteiger partial charge in [-0.25, -0.2) is 0 Å². The van der Waals surface area contributed by atoms with E-state index in [0.717, 1.165) is 4.47 Å². The first-order valence-corrected chi connectivity index (χ1v) is 4.12. The van der Waals surface area contributed by atoms with E-state index in [4.69, 9.17) is 15.9 Å². The molecular weight excluding hydrogens is 255 g/mol. The molecule has 0 aromatic heterocycles. The largest absolute Gasteiger partial charge is 0.496 e. The Hall–Kier alpha value is -0.740. The van der Waals surface area contributed by atoms with Crippen LogP contribution in [-0.4, -0.2) is 12.9 Å². The zero-order valence-corrected chi connectivity index (χ0v) is 9.41. The molecule has 0 aliphatic carbocycles. The van der Waals surface area contributed by atoms with Crippen LogP contribution in [-0.2, 0) is 0 Å². The summed E-state index contributed by atoms with van der Waals surface area (Å²) in [5, 5.41) is 7.18. The van der Waals surface area contributed by atoms with E-state index in [0.29, 0.717) is 11.3 Å². The molecule has 0 spiro atoms. The number of ether oxygens (including phenoxy) is 1. The summed E-state index contributed by atoms with van der Waals surface area (Å²) in [4.78, 5) is 0. The Morgan fingerprint density at radius 1 is 1.54 bits per heavy atom. The number of halogens is 2. The first-order chi connectivity index (χ1) is 5.65. The van der Waals surface area contributed by atoms with Crippen molar-refractivity contribution in [3.8, 4) is 5.75 Å². The molecular formula is C8H10BrClN2O. The van der Waals surface area contributed by atoms with Crippen molar-refractivity contribution in [1.29, 1.82) is 5.41 Å². The smallest absolute Gasteiger partial charge is 0.133 e. The molecule has 1 aromatic rings. The van der Waals surface area contributed by atoms with Crippen molar-refractivity contribution in [1.82, 2.24) is 0 Å². The summed E-state index contributed by atoms with van der Waals surface area (Å²) < 4.78 is 5.89.